The number of carbonyl (C=O) groups excluding carboxylic acids is 4. The Bertz CT molecular complexity index is 525. The summed E-state index contributed by atoms with van der Waals surface area (Å²) in [4.78, 5) is 46.2. The molecule has 7 heteroatoms. The van der Waals surface area contributed by atoms with Gasteiger partial charge in [-0.05, 0) is 24.8 Å². The zero-order valence-electron chi connectivity index (χ0n) is 13.2. The number of nitrogens with two attached hydrogens (primary N) is 1. The molecular weight excluding hydrogens is 298 g/mol. The Morgan fingerprint density at radius 2 is 2.13 bits per heavy atom. The fraction of sp³-hybridized carbons (Fsp3) is 0.500. The molecule has 1 aliphatic carbocycles. The van der Waals surface area contributed by atoms with Gasteiger partial charge in [0.05, 0.1) is 12.6 Å². The van der Waals surface area contributed by atoms with Crippen LogP contribution in [0.15, 0.2) is 23.8 Å². The highest BCUT2D eigenvalue weighted by molar-refractivity contribution is 6.38. The SMILES string of the molecule is CCCC(N)C(=O)C(=O)NCC(=O)NC(C=O)C1=CC=CCC1. The second-order valence-electron chi connectivity index (χ2n) is 5.33. The summed E-state index contributed by atoms with van der Waals surface area (Å²) >= 11 is 0. The van der Waals surface area contributed by atoms with Crippen molar-refractivity contribution < 1.29 is 19.2 Å². The van der Waals surface area contributed by atoms with Crippen LogP contribution in [0, 0.1) is 0 Å². The molecule has 4 N–H and O–H groups in total. The van der Waals surface area contributed by atoms with Crippen molar-refractivity contribution in [1.82, 2.24) is 10.6 Å². The topological polar surface area (TPSA) is 118 Å². The summed E-state index contributed by atoms with van der Waals surface area (Å²) in [5, 5.41) is 4.74. The summed E-state index contributed by atoms with van der Waals surface area (Å²) in [6.07, 6.45) is 8.83. The second-order valence-corrected chi connectivity index (χ2v) is 5.33. The summed E-state index contributed by atoms with van der Waals surface area (Å²) < 4.78 is 0. The van der Waals surface area contributed by atoms with Gasteiger partial charge in [-0.2, -0.15) is 0 Å². The van der Waals surface area contributed by atoms with Gasteiger partial charge in [-0.15, -0.1) is 0 Å². The Kier molecular flexibility index (Phi) is 7.90. The first kappa shape index (κ1) is 18.8. The lowest BCUT2D eigenvalue weighted by atomic mass is 9.98. The van der Waals surface area contributed by atoms with Gasteiger partial charge in [0.2, 0.25) is 11.7 Å². The fourth-order valence-electron chi connectivity index (χ4n) is 2.18. The second kappa shape index (κ2) is 9.68. The van der Waals surface area contributed by atoms with Crippen LogP contribution >= 0.6 is 0 Å². The van der Waals surface area contributed by atoms with Gasteiger partial charge < -0.3 is 21.2 Å². The highest BCUT2D eigenvalue weighted by Crippen LogP contribution is 2.14. The molecule has 2 amide bonds. The van der Waals surface area contributed by atoms with Crippen LogP contribution in [0.2, 0.25) is 0 Å². The van der Waals surface area contributed by atoms with Crippen LogP contribution < -0.4 is 16.4 Å². The van der Waals surface area contributed by atoms with Gasteiger partial charge in [-0.25, -0.2) is 0 Å². The first-order chi connectivity index (χ1) is 11.0. The van der Waals surface area contributed by atoms with E-state index in [9.17, 15) is 19.2 Å². The molecule has 0 bridgehead atoms. The number of nitrogens with one attached hydrogen (secondary N) is 2. The number of hydrogen-bond donors (Lipinski definition) is 3. The molecule has 23 heavy (non-hydrogen) atoms. The monoisotopic (exact) mass is 321 g/mol. The van der Waals surface area contributed by atoms with Crippen LogP contribution in [0.25, 0.3) is 0 Å². The Labute approximate surface area is 135 Å². The zero-order valence-corrected chi connectivity index (χ0v) is 13.2. The minimum atomic E-state index is -0.886. The summed E-state index contributed by atoms with van der Waals surface area (Å²) in [6.45, 7) is 1.48. The predicted octanol–water partition coefficient (Wildman–Crippen LogP) is -0.241. The normalized spacial score (nSPS) is 16.0. The van der Waals surface area contributed by atoms with Crippen molar-refractivity contribution in [2.45, 2.75) is 44.7 Å². The van der Waals surface area contributed by atoms with Crippen LogP contribution in [-0.4, -0.2) is 42.5 Å². The first-order valence-electron chi connectivity index (χ1n) is 7.67. The van der Waals surface area contributed by atoms with Gasteiger partial charge in [0, 0.05) is 0 Å². The molecule has 0 saturated heterocycles. The molecule has 0 heterocycles. The van der Waals surface area contributed by atoms with Crippen molar-refractivity contribution >= 4 is 23.9 Å². The van der Waals surface area contributed by atoms with Crippen molar-refractivity contribution in [3.63, 3.8) is 0 Å². The molecule has 0 aromatic rings. The Morgan fingerprint density at radius 1 is 1.39 bits per heavy atom. The number of amides is 2. The number of hydrogen-bond acceptors (Lipinski definition) is 5. The van der Waals surface area contributed by atoms with Crippen molar-refractivity contribution in [2.24, 2.45) is 5.73 Å². The number of Topliss-reactive ketones (excluding diaryl/α,β-unsaturated/α-hetero) is 1. The van der Waals surface area contributed by atoms with E-state index in [0.29, 0.717) is 25.5 Å². The summed E-state index contributed by atoms with van der Waals surface area (Å²) in [5.41, 5.74) is 6.37. The van der Waals surface area contributed by atoms with Gasteiger partial charge in [0.15, 0.2) is 0 Å². The Hall–Kier alpha value is -2.28. The molecule has 2 atom stereocenters. The van der Waals surface area contributed by atoms with Crippen LogP contribution in [0.1, 0.15) is 32.6 Å². The van der Waals surface area contributed by atoms with E-state index < -0.39 is 29.7 Å². The minimum absolute atomic E-state index is 0.378. The summed E-state index contributed by atoms with van der Waals surface area (Å²) in [7, 11) is 0. The van der Waals surface area contributed by atoms with E-state index in [1.165, 1.54) is 0 Å². The first-order valence-corrected chi connectivity index (χ1v) is 7.67. The quantitative estimate of drug-likeness (QED) is 0.400. The largest absolute Gasteiger partial charge is 0.341 e. The van der Waals surface area contributed by atoms with E-state index >= 15 is 0 Å². The molecule has 0 radical (unpaired) electrons. The average Bonchev–Trinajstić information content (AvgIpc) is 2.57. The lowest BCUT2D eigenvalue weighted by Gasteiger charge is -2.18. The fourth-order valence-corrected chi connectivity index (χ4v) is 2.18. The molecule has 1 rings (SSSR count). The number of aldehydes is 1. The minimum Gasteiger partial charge on any atom is -0.341 e. The highest BCUT2D eigenvalue weighted by Gasteiger charge is 2.22. The number of allylic oxidation sites excluding steroid dienone is 3. The predicted molar refractivity (Wildman–Crippen MR) is 85.4 cm³/mol. The van der Waals surface area contributed by atoms with E-state index in [-0.39, 0.29) is 6.54 Å². The standard InChI is InChI=1S/C16H23N3O4/c1-2-6-12(17)15(22)16(23)18-9-14(21)19-13(10-20)11-7-4-3-5-8-11/h3-4,7,10,12-13H,2,5-6,8-9,17H2,1H3,(H,18,23)(H,19,21). The van der Waals surface area contributed by atoms with Gasteiger partial charge in [-0.3, -0.25) is 14.4 Å². The van der Waals surface area contributed by atoms with Crippen LogP contribution in [-0.2, 0) is 19.2 Å². The molecule has 0 spiro atoms. The number of ketones is 1. The Morgan fingerprint density at radius 3 is 2.70 bits per heavy atom. The summed E-state index contributed by atoms with van der Waals surface area (Å²) in [6, 6.07) is -1.58. The average molecular weight is 321 g/mol. The molecule has 2 unspecified atom stereocenters. The lowest BCUT2D eigenvalue weighted by Crippen LogP contribution is -2.47. The maximum Gasteiger partial charge on any atom is 0.289 e. The molecule has 1 aliphatic rings. The van der Waals surface area contributed by atoms with E-state index in [0.717, 1.165) is 12.0 Å². The smallest absolute Gasteiger partial charge is 0.289 e. The van der Waals surface area contributed by atoms with Crippen molar-refractivity contribution in [2.75, 3.05) is 6.54 Å². The Balaban J connectivity index is 2.45. The van der Waals surface area contributed by atoms with Crippen molar-refractivity contribution in [3.05, 3.63) is 23.8 Å². The molecule has 0 aromatic heterocycles. The van der Waals surface area contributed by atoms with Crippen LogP contribution in [0.5, 0.6) is 0 Å². The number of carbonyl (C=O) groups is 4. The molecule has 0 fully saturated rings. The van der Waals surface area contributed by atoms with Crippen molar-refractivity contribution in [3.8, 4) is 0 Å². The third kappa shape index (κ3) is 6.15. The molecule has 0 aromatic carbocycles. The summed E-state index contributed by atoms with van der Waals surface area (Å²) in [5.74, 6) is -2.17. The van der Waals surface area contributed by atoms with Gasteiger partial charge in [0.1, 0.15) is 12.3 Å². The zero-order chi connectivity index (χ0) is 17.2. The maximum absolute atomic E-state index is 11.8. The molecule has 7 nitrogen and oxygen atoms in total. The lowest BCUT2D eigenvalue weighted by molar-refractivity contribution is -0.139. The molecule has 0 saturated carbocycles. The maximum atomic E-state index is 11.8. The third-order valence-electron chi connectivity index (χ3n) is 3.47. The highest BCUT2D eigenvalue weighted by atomic mass is 16.2. The van der Waals surface area contributed by atoms with E-state index in [1.54, 1.807) is 6.08 Å². The van der Waals surface area contributed by atoms with E-state index in [1.807, 2.05) is 19.1 Å². The van der Waals surface area contributed by atoms with Crippen LogP contribution in [0.3, 0.4) is 0 Å². The van der Waals surface area contributed by atoms with Crippen molar-refractivity contribution in [1.29, 1.82) is 0 Å². The van der Waals surface area contributed by atoms with Gasteiger partial charge >= 0.3 is 0 Å². The van der Waals surface area contributed by atoms with E-state index in [4.69, 9.17) is 5.73 Å². The van der Waals surface area contributed by atoms with Gasteiger partial charge in [-0.1, -0.05) is 31.6 Å². The molecule has 126 valence electrons. The molecular formula is C16H23N3O4. The molecule has 0 aliphatic heterocycles. The van der Waals surface area contributed by atoms with Gasteiger partial charge in [0.25, 0.3) is 5.91 Å². The third-order valence-corrected chi connectivity index (χ3v) is 3.47. The van der Waals surface area contributed by atoms with Crippen LogP contribution in [0.4, 0.5) is 0 Å². The number of rotatable bonds is 9. The van der Waals surface area contributed by atoms with E-state index in [2.05, 4.69) is 10.6 Å².